The van der Waals surface area contributed by atoms with Crippen LogP contribution in [0.5, 0.6) is 0 Å². The fourth-order valence-electron chi connectivity index (χ4n) is 2.75. The van der Waals surface area contributed by atoms with Gasteiger partial charge in [0.15, 0.2) is 0 Å². The van der Waals surface area contributed by atoms with Crippen LogP contribution in [0.1, 0.15) is 52.0 Å². The van der Waals surface area contributed by atoms with Gasteiger partial charge in [-0.25, -0.2) is 0 Å². The lowest BCUT2D eigenvalue weighted by Gasteiger charge is -2.20. The van der Waals surface area contributed by atoms with E-state index in [-0.39, 0.29) is 24.0 Å². The third-order valence-electron chi connectivity index (χ3n) is 3.87. The van der Waals surface area contributed by atoms with Gasteiger partial charge >= 0.3 is 11.9 Å². The molecule has 1 aliphatic rings. The number of benzene rings is 1. The predicted molar refractivity (Wildman–Crippen MR) is 91.3 cm³/mol. The molecule has 1 fully saturated rings. The van der Waals surface area contributed by atoms with E-state index in [4.69, 9.17) is 9.47 Å². The number of ether oxygens (including phenoxy) is 2. The van der Waals surface area contributed by atoms with Gasteiger partial charge in [0.25, 0.3) is 0 Å². The number of esters is 2. The summed E-state index contributed by atoms with van der Waals surface area (Å²) in [6.45, 7) is 5.87. The van der Waals surface area contributed by atoms with Crippen molar-refractivity contribution in [3.63, 3.8) is 0 Å². The van der Waals surface area contributed by atoms with Gasteiger partial charge in [-0.05, 0) is 45.6 Å². The van der Waals surface area contributed by atoms with E-state index in [2.05, 4.69) is 5.32 Å². The van der Waals surface area contributed by atoms with Crippen molar-refractivity contribution in [2.24, 2.45) is 0 Å². The minimum atomic E-state index is -0.454. The maximum Gasteiger partial charge on any atom is 0.323 e. The van der Waals surface area contributed by atoms with E-state index in [1.807, 2.05) is 51.1 Å². The van der Waals surface area contributed by atoms with Crippen molar-refractivity contribution in [1.82, 2.24) is 5.32 Å². The number of hydrogen-bond donors (Lipinski definition) is 1. The summed E-state index contributed by atoms with van der Waals surface area (Å²) in [5.41, 5.74) is 0.523. The lowest BCUT2D eigenvalue weighted by Crippen LogP contribution is -2.37. The zero-order valence-electron chi connectivity index (χ0n) is 14.7. The summed E-state index contributed by atoms with van der Waals surface area (Å²) >= 11 is 0. The van der Waals surface area contributed by atoms with Crippen molar-refractivity contribution in [2.75, 3.05) is 0 Å². The van der Waals surface area contributed by atoms with E-state index in [9.17, 15) is 9.59 Å². The Kier molecular flexibility index (Phi) is 6.37. The first-order chi connectivity index (χ1) is 11.3. The van der Waals surface area contributed by atoms with E-state index in [0.717, 1.165) is 18.4 Å². The lowest BCUT2D eigenvalue weighted by molar-refractivity contribution is -0.155. The molecule has 1 aromatic carbocycles. The third-order valence-corrected chi connectivity index (χ3v) is 3.87. The van der Waals surface area contributed by atoms with Crippen LogP contribution in [0.15, 0.2) is 30.3 Å². The molecule has 0 spiro atoms. The molecule has 1 saturated heterocycles. The Hall–Kier alpha value is -1.88. The minimum Gasteiger partial charge on any atom is -0.460 e. The molecule has 0 aromatic heterocycles. The van der Waals surface area contributed by atoms with Crippen LogP contribution in [0.3, 0.4) is 0 Å². The first kappa shape index (κ1) is 18.5. The molecule has 0 amide bonds. The summed E-state index contributed by atoms with van der Waals surface area (Å²) in [6, 6.07) is 9.51. The summed E-state index contributed by atoms with van der Waals surface area (Å²) in [7, 11) is 0. The second-order valence-electron chi connectivity index (χ2n) is 7.21. The Labute approximate surface area is 143 Å². The molecule has 2 atom stereocenters. The van der Waals surface area contributed by atoms with Gasteiger partial charge in [-0.3, -0.25) is 9.59 Å². The van der Waals surface area contributed by atoms with Gasteiger partial charge in [-0.1, -0.05) is 30.3 Å². The number of rotatable bonds is 6. The number of hydrogen-bond acceptors (Lipinski definition) is 5. The first-order valence-corrected chi connectivity index (χ1v) is 8.52. The van der Waals surface area contributed by atoms with Crippen LogP contribution < -0.4 is 5.32 Å². The highest BCUT2D eigenvalue weighted by Crippen LogP contribution is 2.19. The van der Waals surface area contributed by atoms with Crippen molar-refractivity contribution >= 4 is 11.9 Å². The highest BCUT2D eigenvalue weighted by Gasteiger charge is 2.30. The Morgan fingerprint density at radius 1 is 1.17 bits per heavy atom. The van der Waals surface area contributed by atoms with Crippen LogP contribution in [-0.4, -0.2) is 29.6 Å². The number of nitrogens with one attached hydrogen (secondary N) is 1. The molecular weight excluding hydrogens is 306 g/mol. The van der Waals surface area contributed by atoms with Crippen molar-refractivity contribution < 1.29 is 19.1 Å². The monoisotopic (exact) mass is 333 g/mol. The summed E-state index contributed by atoms with van der Waals surface area (Å²) < 4.78 is 10.7. The van der Waals surface area contributed by atoms with Gasteiger partial charge in [-0.2, -0.15) is 0 Å². The maximum absolute atomic E-state index is 12.1. The lowest BCUT2D eigenvalue weighted by atomic mass is 10.1. The summed E-state index contributed by atoms with van der Waals surface area (Å²) in [5.74, 6) is -0.418. The van der Waals surface area contributed by atoms with Crippen LogP contribution in [0.4, 0.5) is 0 Å². The van der Waals surface area contributed by atoms with Gasteiger partial charge in [0.05, 0.1) is 0 Å². The maximum atomic E-state index is 12.1. The molecule has 5 nitrogen and oxygen atoms in total. The molecule has 0 bridgehead atoms. The van der Waals surface area contributed by atoms with Crippen LogP contribution in [0.25, 0.3) is 0 Å². The fourth-order valence-corrected chi connectivity index (χ4v) is 2.75. The molecular formula is C19H27NO4. The van der Waals surface area contributed by atoms with Crippen LogP contribution >= 0.6 is 0 Å². The van der Waals surface area contributed by atoms with Gasteiger partial charge in [0.1, 0.15) is 18.2 Å². The second kappa shape index (κ2) is 8.29. The minimum absolute atomic E-state index is 0.159. The molecule has 0 aliphatic carbocycles. The molecule has 2 unspecified atom stereocenters. The molecule has 1 heterocycles. The Balaban J connectivity index is 1.68. The SMILES string of the molecule is CC(C)(C)OC(=O)CCC1CCC(C(=O)OCc2ccccc2)N1. The summed E-state index contributed by atoms with van der Waals surface area (Å²) in [6.07, 6.45) is 2.65. The van der Waals surface area contributed by atoms with Crippen molar-refractivity contribution in [2.45, 2.75) is 70.7 Å². The number of carbonyl (C=O) groups is 2. The molecule has 5 heteroatoms. The Morgan fingerprint density at radius 2 is 1.88 bits per heavy atom. The fraction of sp³-hybridized carbons (Fsp3) is 0.579. The normalized spacial score (nSPS) is 20.6. The van der Waals surface area contributed by atoms with E-state index in [1.165, 1.54) is 0 Å². The molecule has 132 valence electrons. The molecule has 0 saturated carbocycles. The van der Waals surface area contributed by atoms with Gasteiger partial charge in [0, 0.05) is 12.5 Å². The smallest absolute Gasteiger partial charge is 0.323 e. The Bertz CT molecular complexity index is 550. The van der Waals surface area contributed by atoms with Crippen LogP contribution in [-0.2, 0) is 25.7 Å². The third kappa shape index (κ3) is 6.32. The van der Waals surface area contributed by atoms with Crippen molar-refractivity contribution in [3.8, 4) is 0 Å². The zero-order chi connectivity index (χ0) is 17.6. The standard InChI is InChI=1S/C19H27NO4/c1-19(2,3)24-17(21)12-10-15-9-11-16(20-15)18(22)23-13-14-7-5-4-6-8-14/h4-8,15-16,20H,9-13H2,1-3H3. The number of carbonyl (C=O) groups excluding carboxylic acids is 2. The van der Waals surface area contributed by atoms with E-state index in [0.29, 0.717) is 19.4 Å². The second-order valence-corrected chi connectivity index (χ2v) is 7.21. The highest BCUT2D eigenvalue weighted by molar-refractivity contribution is 5.76. The Morgan fingerprint density at radius 3 is 2.54 bits per heavy atom. The average Bonchev–Trinajstić information content (AvgIpc) is 2.99. The largest absolute Gasteiger partial charge is 0.460 e. The van der Waals surface area contributed by atoms with E-state index < -0.39 is 5.60 Å². The highest BCUT2D eigenvalue weighted by atomic mass is 16.6. The van der Waals surface area contributed by atoms with Gasteiger partial charge < -0.3 is 14.8 Å². The molecule has 2 rings (SSSR count). The molecule has 1 N–H and O–H groups in total. The zero-order valence-corrected chi connectivity index (χ0v) is 14.7. The van der Waals surface area contributed by atoms with E-state index in [1.54, 1.807) is 0 Å². The van der Waals surface area contributed by atoms with E-state index >= 15 is 0 Å². The molecule has 1 aromatic rings. The molecule has 0 radical (unpaired) electrons. The summed E-state index contributed by atoms with van der Waals surface area (Å²) in [4.78, 5) is 23.9. The predicted octanol–water partition coefficient (Wildman–Crippen LogP) is 2.97. The topological polar surface area (TPSA) is 64.6 Å². The quantitative estimate of drug-likeness (QED) is 0.811. The van der Waals surface area contributed by atoms with Crippen molar-refractivity contribution in [3.05, 3.63) is 35.9 Å². The molecule has 24 heavy (non-hydrogen) atoms. The van der Waals surface area contributed by atoms with Gasteiger partial charge in [0.2, 0.25) is 0 Å². The van der Waals surface area contributed by atoms with Crippen molar-refractivity contribution in [1.29, 1.82) is 0 Å². The average molecular weight is 333 g/mol. The first-order valence-electron chi connectivity index (χ1n) is 8.52. The van der Waals surface area contributed by atoms with Crippen LogP contribution in [0, 0.1) is 0 Å². The van der Waals surface area contributed by atoms with Gasteiger partial charge in [-0.15, -0.1) is 0 Å². The molecule has 1 aliphatic heterocycles. The summed E-state index contributed by atoms with van der Waals surface area (Å²) in [5, 5.41) is 3.26. The van der Waals surface area contributed by atoms with Crippen LogP contribution in [0.2, 0.25) is 0 Å².